The maximum atomic E-state index is 10.2. The second-order valence-electron chi connectivity index (χ2n) is 4.64. The number of hydrogen-bond acceptors (Lipinski definition) is 4. The first kappa shape index (κ1) is 19.0. The van der Waals surface area contributed by atoms with E-state index in [1.165, 1.54) is 44.9 Å². The molecular formula is C12H27O6P. The molecule has 6 nitrogen and oxygen atoms in total. The summed E-state index contributed by atoms with van der Waals surface area (Å²) >= 11 is 0. The molecule has 0 heterocycles. The van der Waals surface area contributed by atoms with Gasteiger partial charge in [-0.05, 0) is 6.42 Å². The normalized spacial score (nSPS) is 11.9. The molecule has 0 bridgehead atoms. The Morgan fingerprint density at radius 1 is 0.842 bits per heavy atom. The van der Waals surface area contributed by atoms with E-state index in [4.69, 9.17) is 9.79 Å². The third-order valence-corrected chi connectivity index (χ3v) is 3.01. The minimum absolute atomic E-state index is 0.274. The van der Waals surface area contributed by atoms with Gasteiger partial charge >= 0.3 is 7.82 Å². The molecule has 0 aliphatic heterocycles. The van der Waals surface area contributed by atoms with Crippen LogP contribution in [0.3, 0.4) is 0 Å². The van der Waals surface area contributed by atoms with Crippen LogP contribution in [0.25, 0.3) is 0 Å². The second kappa shape index (κ2) is 13.0. The fraction of sp³-hybridized carbons (Fsp3) is 1.00. The van der Waals surface area contributed by atoms with E-state index in [-0.39, 0.29) is 6.61 Å². The number of rotatable bonds is 14. The molecule has 0 amide bonds. The highest BCUT2D eigenvalue weighted by molar-refractivity contribution is 7.46. The van der Waals surface area contributed by atoms with E-state index in [9.17, 15) is 4.57 Å². The lowest BCUT2D eigenvalue weighted by molar-refractivity contribution is -0.472. The molecule has 0 fully saturated rings. The van der Waals surface area contributed by atoms with Gasteiger partial charge in [-0.2, -0.15) is 0 Å². The highest BCUT2D eigenvalue weighted by atomic mass is 31.2. The minimum Gasteiger partial charge on any atom is -0.301 e. The predicted octanol–water partition coefficient (Wildman–Crippen LogP) is 3.88. The lowest BCUT2D eigenvalue weighted by Crippen LogP contribution is -1.97. The van der Waals surface area contributed by atoms with Crippen molar-refractivity contribution in [2.75, 3.05) is 6.61 Å². The molecule has 0 radical (unpaired) electrons. The first-order valence-corrected chi connectivity index (χ1v) is 8.62. The molecule has 0 aliphatic carbocycles. The van der Waals surface area contributed by atoms with Gasteiger partial charge in [0.2, 0.25) is 0 Å². The van der Waals surface area contributed by atoms with Gasteiger partial charge in [0.1, 0.15) is 0 Å². The van der Waals surface area contributed by atoms with E-state index in [1.807, 2.05) is 0 Å². The molecule has 0 spiro atoms. The summed E-state index contributed by atoms with van der Waals surface area (Å²) in [5.41, 5.74) is 0. The van der Waals surface area contributed by atoms with Crippen molar-refractivity contribution in [2.24, 2.45) is 0 Å². The van der Waals surface area contributed by atoms with Gasteiger partial charge < -0.3 is 9.79 Å². The monoisotopic (exact) mass is 298 g/mol. The summed E-state index contributed by atoms with van der Waals surface area (Å²) < 4.78 is 13.9. The van der Waals surface area contributed by atoms with E-state index < -0.39 is 7.82 Å². The Labute approximate surface area is 115 Å². The summed E-state index contributed by atoms with van der Waals surface area (Å²) in [5, 5.41) is 3.92. The van der Waals surface area contributed by atoms with Gasteiger partial charge in [-0.25, -0.2) is 9.45 Å². The molecule has 2 N–H and O–H groups in total. The molecule has 19 heavy (non-hydrogen) atoms. The Balaban J connectivity index is 3.01. The molecule has 0 aromatic rings. The van der Waals surface area contributed by atoms with Crippen molar-refractivity contribution in [3.63, 3.8) is 0 Å². The topological polar surface area (TPSA) is 85.2 Å². The molecule has 116 valence electrons. The van der Waals surface area contributed by atoms with E-state index in [0.29, 0.717) is 0 Å². The molecular weight excluding hydrogens is 271 g/mol. The summed E-state index contributed by atoms with van der Waals surface area (Å²) in [7, 11) is -4.60. The molecule has 0 aliphatic rings. The average Bonchev–Trinajstić information content (AvgIpc) is 2.34. The van der Waals surface area contributed by atoms with Gasteiger partial charge in [0.25, 0.3) is 0 Å². The number of hydrogen-bond donors (Lipinski definition) is 2. The fourth-order valence-corrected chi connectivity index (χ4v) is 1.87. The zero-order chi connectivity index (χ0) is 14.4. The van der Waals surface area contributed by atoms with E-state index >= 15 is 0 Å². The number of phosphoric acid groups is 1. The Bertz CT molecular complexity index is 230. The van der Waals surface area contributed by atoms with Gasteiger partial charge in [0.15, 0.2) is 0 Å². The highest BCUT2D eigenvalue weighted by Gasteiger charge is 2.15. The van der Waals surface area contributed by atoms with Crippen LogP contribution in [0.1, 0.15) is 71.1 Å². The molecule has 0 saturated heterocycles. The van der Waals surface area contributed by atoms with Crippen molar-refractivity contribution < 1.29 is 29.0 Å². The summed E-state index contributed by atoms with van der Waals surface area (Å²) in [5.74, 6) is 0. The van der Waals surface area contributed by atoms with Crippen LogP contribution in [0.2, 0.25) is 0 Å². The van der Waals surface area contributed by atoms with Crippen molar-refractivity contribution in [3.8, 4) is 0 Å². The highest BCUT2D eigenvalue weighted by Crippen LogP contribution is 2.35. The Kier molecular flexibility index (Phi) is 13.1. The molecule has 0 aromatic carbocycles. The second-order valence-corrected chi connectivity index (χ2v) is 5.77. The summed E-state index contributed by atoms with van der Waals surface area (Å²) in [6.45, 7) is 2.49. The van der Waals surface area contributed by atoms with Crippen molar-refractivity contribution in [3.05, 3.63) is 0 Å². The van der Waals surface area contributed by atoms with Gasteiger partial charge in [-0.3, -0.25) is 0 Å². The standard InChI is InChI=1S/C12H27O6P/c1-2-3-4-5-6-7-8-9-10-11-12-16-17-18-19(13,14)15/h2-12H2,1H3,(H2,13,14,15). The molecule has 0 aromatic heterocycles. The molecule has 7 heteroatoms. The fourth-order valence-electron chi connectivity index (χ4n) is 1.74. The predicted molar refractivity (Wildman–Crippen MR) is 72.0 cm³/mol. The van der Waals surface area contributed by atoms with Crippen molar-refractivity contribution in [1.29, 1.82) is 0 Å². The zero-order valence-electron chi connectivity index (χ0n) is 11.8. The molecule has 0 atom stereocenters. The largest absolute Gasteiger partial charge is 0.499 e. The van der Waals surface area contributed by atoms with Crippen molar-refractivity contribution in [2.45, 2.75) is 71.1 Å². The van der Waals surface area contributed by atoms with Gasteiger partial charge in [0, 0.05) is 0 Å². The molecule has 0 saturated carbocycles. The lowest BCUT2D eigenvalue weighted by atomic mass is 10.1. The Morgan fingerprint density at radius 2 is 1.32 bits per heavy atom. The third-order valence-electron chi connectivity index (χ3n) is 2.76. The summed E-state index contributed by atoms with van der Waals surface area (Å²) in [6, 6.07) is 0. The van der Waals surface area contributed by atoms with E-state index in [0.717, 1.165) is 19.3 Å². The molecule has 0 unspecified atom stereocenters. The zero-order valence-corrected chi connectivity index (χ0v) is 12.6. The van der Waals surface area contributed by atoms with Crippen LogP contribution >= 0.6 is 7.82 Å². The van der Waals surface area contributed by atoms with Crippen LogP contribution in [0, 0.1) is 0 Å². The summed E-state index contributed by atoms with van der Waals surface area (Å²) in [6.07, 6.45) is 12.1. The van der Waals surface area contributed by atoms with Gasteiger partial charge in [-0.15, -0.1) is 0 Å². The smallest absolute Gasteiger partial charge is 0.301 e. The molecule has 0 rings (SSSR count). The maximum absolute atomic E-state index is 10.2. The van der Waals surface area contributed by atoms with Crippen LogP contribution in [0.15, 0.2) is 0 Å². The van der Waals surface area contributed by atoms with Gasteiger partial charge in [-0.1, -0.05) is 74.4 Å². The minimum atomic E-state index is -4.60. The van der Waals surface area contributed by atoms with Crippen LogP contribution < -0.4 is 0 Å². The van der Waals surface area contributed by atoms with Crippen molar-refractivity contribution in [1.82, 2.24) is 0 Å². The average molecular weight is 298 g/mol. The first-order chi connectivity index (χ1) is 9.06. The lowest BCUT2D eigenvalue weighted by Gasteiger charge is -2.04. The number of unbranched alkanes of at least 4 members (excludes halogenated alkanes) is 9. The van der Waals surface area contributed by atoms with E-state index in [2.05, 4.69) is 21.5 Å². The van der Waals surface area contributed by atoms with E-state index in [1.54, 1.807) is 0 Å². The maximum Gasteiger partial charge on any atom is 0.499 e. The van der Waals surface area contributed by atoms with Crippen LogP contribution in [-0.2, 0) is 19.2 Å². The van der Waals surface area contributed by atoms with Crippen LogP contribution in [0.5, 0.6) is 0 Å². The SMILES string of the molecule is CCCCCCCCCCCCOOOP(=O)(O)O. The van der Waals surface area contributed by atoms with Crippen molar-refractivity contribution >= 4 is 7.82 Å². The quantitative estimate of drug-likeness (QED) is 0.219. The third kappa shape index (κ3) is 18.0. The first-order valence-electron chi connectivity index (χ1n) is 7.09. The van der Waals surface area contributed by atoms with Gasteiger partial charge in [0.05, 0.1) is 6.61 Å². The Morgan fingerprint density at radius 3 is 1.79 bits per heavy atom. The van der Waals surface area contributed by atoms with Crippen LogP contribution in [-0.4, -0.2) is 16.4 Å². The summed E-state index contributed by atoms with van der Waals surface area (Å²) in [4.78, 5) is 21.0. The van der Waals surface area contributed by atoms with Crippen LogP contribution in [0.4, 0.5) is 0 Å². The Hall–Kier alpha value is 0.0300.